The average Bonchev–Trinajstić information content (AvgIpc) is 3.50. The number of para-hydroxylation sites is 1. The Balaban J connectivity index is 1.50. The largest absolute Gasteiger partial charge is 0.432 e. The number of allylic oxidation sites excluding steroid dienone is 1. The van der Waals surface area contributed by atoms with Crippen molar-refractivity contribution < 1.29 is 18.4 Å². The Hall–Kier alpha value is -4.07. The molecule has 1 aliphatic heterocycles. The molecule has 0 spiro atoms. The summed E-state index contributed by atoms with van der Waals surface area (Å²) in [6.07, 6.45) is 2.13. The summed E-state index contributed by atoms with van der Waals surface area (Å²) >= 11 is 0. The first-order chi connectivity index (χ1) is 15.9. The van der Waals surface area contributed by atoms with Gasteiger partial charge < -0.3 is 14.2 Å². The minimum atomic E-state index is -0.519. The molecular weight excluding hydrogens is 423 g/mol. The van der Waals surface area contributed by atoms with Gasteiger partial charge in [0.25, 0.3) is 5.91 Å². The number of oxime groups is 1. The van der Waals surface area contributed by atoms with Crippen LogP contribution in [0.2, 0.25) is 0 Å². The predicted octanol–water partition coefficient (Wildman–Crippen LogP) is 5.05. The van der Waals surface area contributed by atoms with Crippen molar-refractivity contribution in [3.05, 3.63) is 84.5 Å². The van der Waals surface area contributed by atoms with Gasteiger partial charge in [-0.2, -0.15) is 0 Å². The van der Waals surface area contributed by atoms with E-state index in [4.69, 9.17) is 14.7 Å². The quantitative estimate of drug-likeness (QED) is 0.312. The number of aromatic nitrogens is 1. The number of carbonyl (C=O) groups is 1. The molecule has 33 heavy (non-hydrogen) atoms. The molecule has 2 aromatic carbocycles. The second kappa shape index (κ2) is 9.20. The summed E-state index contributed by atoms with van der Waals surface area (Å²) in [6.45, 7) is 10.0. The fourth-order valence-electron chi connectivity index (χ4n) is 3.68. The lowest BCUT2D eigenvalue weighted by atomic mass is 10.0. The van der Waals surface area contributed by atoms with Gasteiger partial charge >= 0.3 is 0 Å². The lowest BCUT2D eigenvalue weighted by molar-refractivity contribution is 0.0789. The second-order valence-electron chi connectivity index (χ2n) is 7.75. The molecule has 0 aliphatic carbocycles. The maximum Gasteiger partial charge on any atom is 0.254 e. The van der Waals surface area contributed by atoms with Crippen LogP contribution < -0.4 is 0 Å². The monoisotopic (exact) mass is 446 g/mol. The van der Waals surface area contributed by atoms with Gasteiger partial charge in [0.05, 0.1) is 17.0 Å². The molecule has 1 saturated heterocycles. The van der Waals surface area contributed by atoms with Gasteiger partial charge in [-0.3, -0.25) is 10.2 Å². The number of hydrogen-bond donors (Lipinski definition) is 1. The zero-order valence-electron chi connectivity index (χ0n) is 18.2. The maximum atomic E-state index is 13.9. The molecule has 0 radical (unpaired) electrons. The van der Waals surface area contributed by atoms with Crippen LogP contribution in [0.1, 0.15) is 35.2 Å². The molecule has 1 atom stereocenters. The number of likely N-dealkylation sites (tertiary alicyclic amines) is 1. The highest BCUT2D eigenvalue weighted by Gasteiger charge is 2.33. The smallest absolute Gasteiger partial charge is 0.254 e. The Morgan fingerprint density at radius 3 is 2.79 bits per heavy atom. The molecule has 2 heterocycles. The molecule has 0 bridgehead atoms. The normalized spacial score (nSPS) is 16.1. The van der Waals surface area contributed by atoms with Gasteiger partial charge in [0.15, 0.2) is 17.2 Å². The molecule has 1 amide bonds. The standard InChI is InChI=1S/C25H23FN4O3/c1-4-15(2)29-33-16(3)18-8-5-6-9-19(18)25(31)30-13-12-17(14-30)22(27)24-28-21-11-7-10-20(26)23(21)32-24/h4-11,17,27H,1,3,12-14H2,2H3/b27-22?,29-15-/t17-/m1/s1. The van der Waals surface area contributed by atoms with Crippen LogP contribution in [0.15, 0.2) is 71.3 Å². The number of nitrogens with one attached hydrogen (secondary N) is 1. The molecule has 0 saturated carbocycles. The van der Waals surface area contributed by atoms with Crippen molar-refractivity contribution in [2.24, 2.45) is 11.1 Å². The van der Waals surface area contributed by atoms with Gasteiger partial charge in [0.2, 0.25) is 5.89 Å². The second-order valence-corrected chi connectivity index (χ2v) is 7.75. The van der Waals surface area contributed by atoms with E-state index in [2.05, 4.69) is 23.3 Å². The third kappa shape index (κ3) is 4.45. The van der Waals surface area contributed by atoms with Crippen LogP contribution in [0.4, 0.5) is 4.39 Å². The van der Waals surface area contributed by atoms with E-state index in [0.717, 1.165) is 0 Å². The highest BCUT2D eigenvalue weighted by molar-refractivity contribution is 6.01. The van der Waals surface area contributed by atoms with Crippen molar-refractivity contribution in [3.8, 4) is 0 Å². The summed E-state index contributed by atoms with van der Waals surface area (Å²) in [5.41, 5.74) is 2.10. The highest BCUT2D eigenvalue weighted by atomic mass is 19.1. The van der Waals surface area contributed by atoms with Crippen LogP contribution in [0, 0.1) is 17.1 Å². The first kappa shape index (κ1) is 22.1. The minimum Gasteiger partial charge on any atom is -0.432 e. The zero-order valence-corrected chi connectivity index (χ0v) is 18.2. The lowest BCUT2D eigenvalue weighted by Crippen LogP contribution is -2.30. The number of amides is 1. The number of carbonyl (C=O) groups excluding carboxylic acids is 1. The number of rotatable bonds is 7. The molecule has 1 fully saturated rings. The van der Waals surface area contributed by atoms with Crippen molar-refractivity contribution in [2.75, 3.05) is 13.1 Å². The molecule has 1 N–H and O–H groups in total. The van der Waals surface area contributed by atoms with E-state index < -0.39 is 5.82 Å². The minimum absolute atomic E-state index is 0.0324. The average molecular weight is 446 g/mol. The molecule has 1 aliphatic rings. The number of hydrogen-bond acceptors (Lipinski definition) is 6. The number of oxazole rings is 1. The molecular formula is C25H23FN4O3. The molecule has 0 unspecified atom stereocenters. The third-order valence-corrected chi connectivity index (χ3v) is 5.53. The zero-order chi connectivity index (χ0) is 23.5. The number of fused-ring (bicyclic) bond motifs is 1. The number of halogens is 1. The van der Waals surface area contributed by atoms with E-state index in [9.17, 15) is 9.18 Å². The highest BCUT2D eigenvalue weighted by Crippen LogP contribution is 2.27. The van der Waals surface area contributed by atoms with Crippen LogP contribution in [0.5, 0.6) is 0 Å². The Bertz CT molecular complexity index is 1290. The number of nitrogens with zero attached hydrogens (tertiary/aromatic N) is 3. The molecule has 7 nitrogen and oxygen atoms in total. The Labute approximate surface area is 190 Å². The maximum absolute atomic E-state index is 13.9. The van der Waals surface area contributed by atoms with Crippen LogP contribution >= 0.6 is 0 Å². The molecule has 4 rings (SSSR count). The summed E-state index contributed by atoms with van der Waals surface area (Å²) in [7, 11) is 0. The molecule has 168 valence electrons. The van der Waals surface area contributed by atoms with Crippen LogP contribution in [-0.2, 0) is 4.84 Å². The van der Waals surface area contributed by atoms with Gasteiger partial charge in [-0.1, -0.05) is 42.6 Å². The van der Waals surface area contributed by atoms with Crippen molar-refractivity contribution in [2.45, 2.75) is 13.3 Å². The van der Waals surface area contributed by atoms with Gasteiger partial charge in [0, 0.05) is 24.6 Å². The summed E-state index contributed by atoms with van der Waals surface area (Å²) in [6, 6.07) is 11.5. The lowest BCUT2D eigenvalue weighted by Gasteiger charge is -2.18. The fourth-order valence-corrected chi connectivity index (χ4v) is 3.68. The Kier molecular flexibility index (Phi) is 6.17. The summed E-state index contributed by atoms with van der Waals surface area (Å²) in [5.74, 6) is -0.659. The van der Waals surface area contributed by atoms with E-state index in [0.29, 0.717) is 41.9 Å². The topological polar surface area (TPSA) is 91.8 Å². The Morgan fingerprint density at radius 1 is 1.30 bits per heavy atom. The number of benzene rings is 2. The van der Waals surface area contributed by atoms with E-state index in [1.165, 1.54) is 6.07 Å². The van der Waals surface area contributed by atoms with Crippen molar-refractivity contribution in [1.29, 1.82) is 5.41 Å². The fraction of sp³-hybridized carbons (Fsp3) is 0.200. The van der Waals surface area contributed by atoms with Crippen LogP contribution in [-0.4, -0.2) is 40.3 Å². The molecule has 3 aromatic rings. The van der Waals surface area contributed by atoms with Gasteiger partial charge in [-0.05, 0) is 37.6 Å². The van der Waals surface area contributed by atoms with E-state index in [1.807, 2.05) is 0 Å². The first-order valence-electron chi connectivity index (χ1n) is 10.4. The van der Waals surface area contributed by atoms with Gasteiger partial charge in [0.1, 0.15) is 5.52 Å². The van der Waals surface area contributed by atoms with Crippen LogP contribution in [0.3, 0.4) is 0 Å². The third-order valence-electron chi connectivity index (χ3n) is 5.53. The van der Waals surface area contributed by atoms with E-state index in [1.54, 1.807) is 54.3 Å². The summed E-state index contributed by atoms with van der Waals surface area (Å²) in [4.78, 5) is 24.5. The molecule has 8 heteroatoms. The first-order valence-corrected chi connectivity index (χ1v) is 10.4. The van der Waals surface area contributed by atoms with E-state index in [-0.39, 0.29) is 34.8 Å². The van der Waals surface area contributed by atoms with Gasteiger partial charge in [-0.15, -0.1) is 0 Å². The van der Waals surface area contributed by atoms with Gasteiger partial charge in [-0.25, -0.2) is 9.37 Å². The SMILES string of the molecule is C=C/C(C)=N\OC(=C)c1ccccc1C(=O)N1CC[C@@H](C(=N)c2nc3cccc(F)c3o2)C1. The predicted molar refractivity (Wildman–Crippen MR) is 125 cm³/mol. The van der Waals surface area contributed by atoms with E-state index >= 15 is 0 Å². The van der Waals surface area contributed by atoms with Crippen molar-refractivity contribution in [3.63, 3.8) is 0 Å². The summed E-state index contributed by atoms with van der Waals surface area (Å²) < 4.78 is 19.4. The van der Waals surface area contributed by atoms with Crippen LogP contribution in [0.25, 0.3) is 16.9 Å². The van der Waals surface area contributed by atoms with Crippen molar-refractivity contribution >= 4 is 34.2 Å². The summed E-state index contributed by atoms with van der Waals surface area (Å²) in [5, 5.41) is 12.4. The molecule has 1 aromatic heterocycles. The van der Waals surface area contributed by atoms with Crippen molar-refractivity contribution in [1.82, 2.24) is 9.88 Å². The Morgan fingerprint density at radius 2 is 2.06 bits per heavy atom.